The van der Waals surface area contributed by atoms with E-state index in [-0.39, 0.29) is 6.61 Å². The molecule has 4 nitrogen and oxygen atoms in total. The summed E-state index contributed by atoms with van der Waals surface area (Å²) in [6, 6.07) is 10.3. The summed E-state index contributed by atoms with van der Waals surface area (Å²) in [5, 5.41) is 15.1. The Labute approximate surface area is 113 Å². The number of thioether (sulfide) groups is 1. The van der Waals surface area contributed by atoms with E-state index in [2.05, 4.69) is 27.8 Å². The molecule has 0 bridgehead atoms. The van der Waals surface area contributed by atoms with Gasteiger partial charge in [0.2, 0.25) is 0 Å². The fourth-order valence-corrected chi connectivity index (χ4v) is 2.15. The van der Waals surface area contributed by atoms with E-state index in [1.54, 1.807) is 0 Å². The van der Waals surface area contributed by atoms with E-state index >= 15 is 0 Å². The van der Waals surface area contributed by atoms with Crippen LogP contribution in [0, 0.1) is 0 Å². The summed E-state index contributed by atoms with van der Waals surface area (Å²) < 4.78 is 0. The monoisotopic (exact) mass is 267 g/mol. The van der Waals surface area contributed by atoms with Crippen LogP contribution in [-0.2, 0) is 0 Å². The first-order valence-corrected chi connectivity index (χ1v) is 7.16. The summed E-state index contributed by atoms with van der Waals surface area (Å²) in [7, 11) is 0. The van der Waals surface area contributed by atoms with Crippen molar-refractivity contribution in [1.29, 1.82) is 0 Å². The number of hydrogen-bond donors (Lipinski definition) is 3. The Bertz CT molecular complexity index is 343. The van der Waals surface area contributed by atoms with Crippen molar-refractivity contribution < 1.29 is 5.11 Å². The van der Waals surface area contributed by atoms with E-state index in [0.29, 0.717) is 6.54 Å². The number of aliphatic hydroxyl groups is 1. The number of aliphatic imine (C=N–C) groups is 1. The molecule has 1 aromatic carbocycles. The fraction of sp³-hybridized carbons (Fsp3) is 0.462. The third kappa shape index (κ3) is 6.51. The van der Waals surface area contributed by atoms with Crippen molar-refractivity contribution in [2.75, 3.05) is 32.0 Å². The number of rotatable bonds is 7. The Morgan fingerprint density at radius 2 is 2.06 bits per heavy atom. The lowest BCUT2D eigenvalue weighted by Gasteiger charge is -2.10. The van der Waals surface area contributed by atoms with Gasteiger partial charge in [0.25, 0.3) is 0 Å². The molecule has 0 spiro atoms. The van der Waals surface area contributed by atoms with E-state index in [1.165, 1.54) is 4.90 Å². The van der Waals surface area contributed by atoms with E-state index in [9.17, 15) is 0 Å². The van der Waals surface area contributed by atoms with Crippen molar-refractivity contribution in [3.05, 3.63) is 30.3 Å². The van der Waals surface area contributed by atoms with Gasteiger partial charge < -0.3 is 15.7 Å². The molecule has 0 aliphatic carbocycles. The molecule has 3 N–H and O–H groups in total. The molecule has 0 atom stereocenters. The summed E-state index contributed by atoms with van der Waals surface area (Å²) in [5.74, 6) is 1.74. The number of guanidine groups is 1. The third-order valence-electron chi connectivity index (χ3n) is 2.12. The predicted octanol–water partition coefficient (Wildman–Crippen LogP) is 1.33. The van der Waals surface area contributed by atoms with Crippen LogP contribution in [0.5, 0.6) is 0 Å². The maximum Gasteiger partial charge on any atom is 0.191 e. The molecule has 0 radical (unpaired) electrons. The minimum atomic E-state index is 0.0787. The highest BCUT2D eigenvalue weighted by molar-refractivity contribution is 7.99. The summed E-state index contributed by atoms with van der Waals surface area (Å²) >= 11 is 1.81. The van der Waals surface area contributed by atoms with Crippen LogP contribution in [0.4, 0.5) is 0 Å². The van der Waals surface area contributed by atoms with Crippen molar-refractivity contribution in [3.8, 4) is 0 Å². The lowest BCUT2D eigenvalue weighted by atomic mass is 10.4. The van der Waals surface area contributed by atoms with Gasteiger partial charge in [-0.05, 0) is 19.1 Å². The third-order valence-corrected chi connectivity index (χ3v) is 3.13. The second-order valence-electron chi connectivity index (χ2n) is 3.57. The number of benzene rings is 1. The molecule has 100 valence electrons. The summed E-state index contributed by atoms with van der Waals surface area (Å²) in [4.78, 5) is 5.49. The molecule has 0 amide bonds. The SMILES string of the molecule is CCNC(=NCCO)NCCSc1ccccc1. The van der Waals surface area contributed by atoms with E-state index in [1.807, 2.05) is 36.9 Å². The maximum atomic E-state index is 8.74. The normalized spacial score (nSPS) is 11.3. The number of hydrogen-bond acceptors (Lipinski definition) is 3. The molecule has 0 unspecified atom stereocenters. The van der Waals surface area contributed by atoms with Crippen LogP contribution in [0.3, 0.4) is 0 Å². The number of nitrogens with one attached hydrogen (secondary N) is 2. The summed E-state index contributed by atoms with van der Waals surface area (Å²) in [6.45, 7) is 4.20. The Balaban J connectivity index is 2.22. The largest absolute Gasteiger partial charge is 0.394 e. The lowest BCUT2D eigenvalue weighted by Crippen LogP contribution is -2.38. The average molecular weight is 267 g/mol. The van der Waals surface area contributed by atoms with Crippen LogP contribution in [0.25, 0.3) is 0 Å². The van der Waals surface area contributed by atoms with Crippen molar-refractivity contribution in [2.24, 2.45) is 4.99 Å². The smallest absolute Gasteiger partial charge is 0.191 e. The zero-order valence-corrected chi connectivity index (χ0v) is 11.5. The Hall–Kier alpha value is -1.20. The van der Waals surface area contributed by atoms with E-state index in [0.717, 1.165) is 24.8 Å². The van der Waals surface area contributed by atoms with Crippen LogP contribution < -0.4 is 10.6 Å². The Morgan fingerprint density at radius 1 is 1.28 bits per heavy atom. The molecule has 1 aromatic rings. The number of nitrogens with zero attached hydrogens (tertiary/aromatic N) is 1. The van der Waals surface area contributed by atoms with Crippen molar-refractivity contribution in [1.82, 2.24) is 10.6 Å². The van der Waals surface area contributed by atoms with Crippen molar-refractivity contribution in [3.63, 3.8) is 0 Å². The summed E-state index contributed by atoms with van der Waals surface area (Å²) in [5.41, 5.74) is 0. The molecule has 5 heteroatoms. The predicted molar refractivity (Wildman–Crippen MR) is 78.2 cm³/mol. The minimum Gasteiger partial charge on any atom is -0.394 e. The average Bonchev–Trinajstić information content (AvgIpc) is 2.42. The van der Waals surface area contributed by atoms with Gasteiger partial charge in [-0.3, -0.25) is 4.99 Å². The van der Waals surface area contributed by atoms with Crippen molar-refractivity contribution >= 4 is 17.7 Å². The van der Waals surface area contributed by atoms with Gasteiger partial charge in [-0.2, -0.15) is 0 Å². The first-order chi connectivity index (χ1) is 8.86. The molecular formula is C13H21N3OS. The van der Waals surface area contributed by atoms with Gasteiger partial charge in [0.1, 0.15) is 0 Å². The van der Waals surface area contributed by atoms with Gasteiger partial charge in [0.05, 0.1) is 13.2 Å². The van der Waals surface area contributed by atoms with Crippen LogP contribution in [0.1, 0.15) is 6.92 Å². The molecule has 0 aliphatic heterocycles. The van der Waals surface area contributed by atoms with Crippen LogP contribution in [0.15, 0.2) is 40.2 Å². The molecule has 0 fully saturated rings. The van der Waals surface area contributed by atoms with Gasteiger partial charge in [-0.25, -0.2) is 0 Å². The van der Waals surface area contributed by atoms with Gasteiger partial charge in [-0.15, -0.1) is 11.8 Å². The fourth-order valence-electron chi connectivity index (χ4n) is 1.36. The highest BCUT2D eigenvalue weighted by Gasteiger charge is 1.96. The van der Waals surface area contributed by atoms with Gasteiger partial charge in [-0.1, -0.05) is 18.2 Å². The second-order valence-corrected chi connectivity index (χ2v) is 4.74. The molecule has 0 aliphatic rings. The molecule has 1 rings (SSSR count). The Kier molecular flexibility index (Phi) is 8.08. The quantitative estimate of drug-likeness (QED) is 0.302. The lowest BCUT2D eigenvalue weighted by molar-refractivity contribution is 0.306. The zero-order chi connectivity index (χ0) is 13.1. The highest BCUT2D eigenvalue weighted by atomic mass is 32.2. The first kappa shape index (κ1) is 14.9. The number of aliphatic hydroxyl groups excluding tert-OH is 1. The minimum absolute atomic E-state index is 0.0787. The zero-order valence-electron chi connectivity index (χ0n) is 10.7. The van der Waals surface area contributed by atoms with Crippen molar-refractivity contribution in [2.45, 2.75) is 11.8 Å². The van der Waals surface area contributed by atoms with E-state index < -0.39 is 0 Å². The molecule has 0 saturated heterocycles. The van der Waals surface area contributed by atoms with Crippen LogP contribution in [0.2, 0.25) is 0 Å². The summed E-state index contributed by atoms with van der Waals surface area (Å²) in [6.07, 6.45) is 0. The topological polar surface area (TPSA) is 56.7 Å². The highest BCUT2D eigenvalue weighted by Crippen LogP contribution is 2.15. The first-order valence-electron chi connectivity index (χ1n) is 6.17. The van der Waals surface area contributed by atoms with Crippen LogP contribution in [-0.4, -0.2) is 43.1 Å². The second kappa shape index (κ2) is 9.79. The standard InChI is InChI=1S/C13H21N3OS/c1-2-14-13(15-8-10-17)16-9-11-18-12-6-4-3-5-7-12/h3-7,17H,2,8-11H2,1H3,(H2,14,15,16). The molecule has 0 heterocycles. The van der Waals surface area contributed by atoms with Gasteiger partial charge in [0.15, 0.2) is 5.96 Å². The molecule has 0 aromatic heterocycles. The Morgan fingerprint density at radius 3 is 2.72 bits per heavy atom. The molecular weight excluding hydrogens is 246 g/mol. The van der Waals surface area contributed by atoms with Crippen LogP contribution >= 0.6 is 11.8 Å². The molecule has 0 saturated carbocycles. The van der Waals surface area contributed by atoms with Gasteiger partial charge >= 0.3 is 0 Å². The van der Waals surface area contributed by atoms with Gasteiger partial charge in [0, 0.05) is 23.7 Å². The van der Waals surface area contributed by atoms with E-state index in [4.69, 9.17) is 5.11 Å². The molecule has 18 heavy (non-hydrogen) atoms. The maximum absolute atomic E-state index is 8.74.